The largest absolute Gasteiger partial charge is 0.469 e. The molecule has 0 radical (unpaired) electrons. The Morgan fingerprint density at radius 3 is 2.70 bits per heavy atom. The molecule has 9 nitrogen and oxygen atoms in total. The maximum absolute atomic E-state index is 14.3. The summed E-state index contributed by atoms with van der Waals surface area (Å²) in [6.45, 7) is 0.289. The monoisotopic (exact) mass is 441 g/mol. The van der Waals surface area contributed by atoms with Gasteiger partial charge in [0.2, 0.25) is 17.7 Å². The van der Waals surface area contributed by atoms with Crippen molar-refractivity contribution in [2.24, 2.45) is 5.73 Å². The number of ether oxygens (including phenoxy) is 2. The molecular weight excluding hydrogens is 422 g/mol. The van der Waals surface area contributed by atoms with Gasteiger partial charge < -0.3 is 20.1 Å². The van der Waals surface area contributed by atoms with Crippen molar-refractivity contribution in [3.05, 3.63) is 88.4 Å². The number of nitrogens with one attached hydrogen (secondary N) is 1. The van der Waals surface area contributed by atoms with Crippen LogP contribution in [0.4, 0.5) is 5.69 Å². The van der Waals surface area contributed by atoms with E-state index in [2.05, 4.69) is 16.3 Å². The number of aromatic nitrogens is 2. The number of rotatable bonds is 4. The minimum atomic E-state index is -1.60. The molecular formula is C24H19N5O4. The van der Waals surface area contributed by atoms with Crippen molar-refractivity contribution in [1.29, 1.82) is 5.26 Å². The Morgan fingerprint density at radius 2 is 1.97 bits per heavy atom. The second-order valence-corrected chi connectivity index (χ2v) is 7.73. The zero-order chi connectivity index (χ0) is 23.2. The van der Waals surface area contributed by atoms with Gasteiger partial charge in [-0.1, -0.05) is 48.5 Å². The lowest BCUT2D eigenvalue weighted by Crippen LogP contribution is -2.46. The summed E-state index contributed by atoms with van der Waals surface area (Å²) < 4.78 is 10.4. The summed E-state index contributed by atoms with van der Waals surface area (Å²) in [5, 5.41) is 17.1. The van der Waals surface area contributed by atoms with Crippen LogP contribution in [0.5, 0.6) is 5.88 Å². The van der Waals surface area contributed by atoms with Gasteiger partial charge in [0, 0.05) is 11.3 Å². The Morgan fingerprint density at radius 1 is 1.24 bits per heavy atom. The molecule has 164 valence electrons. The molecule has 9 heteroatoms. The van der Waals surface area contributed by atoms with Crippen molar-refractivity contribution in [3.63, 3.8) is 0 Å². The van der Waals surface area contributed by atoms with Crippen molar-refractivity contribution >= 4 is 17.6 Å². The fourth-order valence-electron chi connectivity index (χ4n) is 4.63. The fraction of sp³-hybridized carbons (Fsp3) is 0.167. The molecule has 5 rings (SSSR count). The number of hydrogen-bond acceptors (Lipinski definition) is 7. The van der Waals surface area contributed by atoms with Gasteiger partial charge in [-0.2, -0.15) is 5.26 Å². The Hall–Kier alpha value is -4.58. The van der Waals surface area contributed by atoms with E-state index in [4.69, 9.17) is 15.2 Å². The summed E-state index contributed by atoms with van der Waals surface area (Å²) in [4.78, 5) is 28.0. The zero-order valence-electron chi connectivity index (χ0n) is 17.7. The third kappa shape index (κ3) is 2.81. The number of nitrogens with two attached hydrogens (primary N) is 1. The Balaban J connectivity index is 1.78. The zero-order valence-corrected chi connectivity index (χ0v) is 17.7. The van der Waals surface area contributed by atoms with Gasteiger partial charge in [0.05, 0.1) is 31.3 Å². The lowest BCUT2D eigenvalue weighted by atomic mass is 9.68. The topological polar surface area (TPSA) is 134 Å². The molecule has 2 aromatic carbocycles. The van der Waals surface area contributed by atoms with Crippen LogP contribution >= 0.6 is 0 Å². The van der Waals surface area contributed by atoms with Crippen LogP contribution in [-0.4, -0.2) is 29.2 Å². The van der Waals surface area contributed by atoms with Gasteiger partial charge in [-0.3, -0.25) is 14.7 Å². The molecule has 3 N–H and O–H groups in total. The predicted octanol–water partition coefficient (Wildman–Crippen LogP) is 2.04. The molecule has 33 heavy (non-hydrogen) atoms. The second kappa shape index (κ2) is 7.53. The molecule has 3 heterocycles. The molecule has 0 bridgehead atoms. The first-order valence-electron chi connectivity index (χ1n) is 10.2. The van der Waals surface area contributed by atoms with Crippen LogP contribution < -0.4 is 15.4 Å². The molecule has 0 saturated heterocycles. The van der Waals surface area contributed by atoms with Crippen molar-refractivity contribution in [1.82, 2.24) is 10.2 Å². The molecule has 0 unspecified atom stereocenters. The van der Waals surface area contributed by atoms with Crippen LogP contribution in [-0.2, 0) is 32.7 Å². The highest BCUT2D eigenvalue weighted by atomic mass is 16.5. The molecule has 1 amide bonds. The minimum Gasteiger partial charge on any atom is -0.469 e. The van der Waals surface area contributed by atoms with Crippen LogP contribution in [0, 0.1) is 11.3 Å². The number of anilines is 1. The van der Waals surface area contributed by atoms with Crippen molar-refractivity contribution in [2.45, 2.75) is 18.4 Å². The normalized spacial score (nSPS) is 18.5. The first-order valence-corrected chi connectivity index (χ1v) is 10.2. The Labute approximate surface area is 189 Å². The molecule has 1 spiro atoms. The third-order valence-electron chi connectivity index (χ3n) is 6.02. The number of fused-ring (bicyclic) bond motifs is 4. The van der Waals surface area contributed by atoms with Gasteiger partial charge in [0.25, 0.3) is 0 Å². The molecule has 2 aliphatic heterocycles. The van der Waals surface area contributed by atoms with E-state index in [0.717, 1.165) is 5.56 Å². The number of nitrogens with zero attached hydrogens (tertiary/aromatic N) is 3. The van der Waals surface area contributed by atoms with E-state index in [0.29, 0.717) is 22.5 Å². The third-order valence-corrected chi connectivity index (χ3v) is 6.02. The summed E-state index contributed by atoms with van der Waals surface area (Å²) in [5.41, 5.74) is 7.24. The molecule has 3 aromatic rings. The Bertz CT molecular complexity index is 1350. The van der Waals surface area contributed by atoms with Crippen molar-refractivity contribution in [2.75, 3.05) is 12.0 Å². The highest BCUT2D eigenvalue weighted by Gasteiger charge is 2.61. The fourth-order valence-corrected chi connectivity index (χ4v) is 4.63. The van der Waals surface area contributed by atoms with Crippen LogP contribution in [0.3, 0.4) is 0 Å². The number of nitriles is 1. The van der Waals surface area contributed by atoms with E-state index in [1.165, 1.54) is 7.11 Å². The molecule has 1 aromatic heterocycles. The van der Waals surface area contributed by atoms with Gasteiger partial charge in [-0.15, -0.1) is 5.10 Å². The standard InChI is InChI=1S/C24H19N5O4/c1-32-19(30)11-17-20-22(28-27-17)33-21(26)16(12-25)24(20)15-9-5-6-10-18(15)29(23(24)31)13-14-7-3-2-4-8-14/h2-10H,11,13,26H2,1H3,(H,27,28)/t24-/m0/s1. The summed E-state index contributed by atoms with van der Waals surface area (Å²) in [6.07, 6.45) is -0.184. The van der Waals surface area contributed by atoms with E-state index in [9.17, 15) is 14.9 Å². The number of esters is 1. The first-order chi connectivity index (χ1) is 16.0. The van der Waals surface area contributed by atoms with Crippen molar-refractivity contribution in [3.8, 4) is 11.9 Å². The number of methoxy groups -OCH3 is 1. The van der Waals surface area contributed by atoms with Gasteiger partial charge >= 0.3 is 5.97 Å². The second-order valence-electron chi connectivity index (χ2n) is 7.73. The van der Waals surface area contributed by atoms with Crippen molar-refractivity contribution < 1.29 is 19.1 Å². The number of hydrogen-bond donors (Lipinski definition) is 2. The van der Waals surface area contributed by atoms with Crippen LogP contribution in [0.1, 0.15) is 22.4 Å². The number of amides is 1. The average molecular weight is 441 g/mol. The number of benzene rings is 2. The van der Waals surface area contributed by atoms with E-state index >= 15 is 0 Å². The van der Waals surface area contributed by atoms with Crippen LogP contribution in [0.15, 0.2) is 66.1 Å². The summed E-state index contributed by atoms with van der Waals surface area (Å²) in [7, 11) is 1.27. The lowest BCUT2D eigenvalue weighted by Gasteiger charge is -2.32. The van der Waals surface area contributed by atoms with Crippen LogP contribution in [0.2, 0.25) is 0 Å². The van der Waals surface area contributed by atoms with Gasteiger partial charge in [-0.25, -0.2) is 0 Å². The Kier molecular flexibility index (Phi) is 4.64. The quantitative estimate of drug-likeness (QED) is 0.592. The highest BCUT2D eigenvalue weighted by Crippen LogP contribution is 2.56. The first kappa shape index (κ1) is 20.3. The summed E-state index contributed by atoms with van der Waals surface area (Å²) in [5.74, 6) is -1.05. The van der Waals surface area contributed by atoms with E-state index < -0.39 is 11.4 Å². The number of H-pyrrole nitrogens is 1. The van der Waals surface area contributed by atoms with E-state index in [-0.39, 0.29) is 36.2 Å². The molecule has 0 aliphatic carbocycles. The smallest absolute Gasteiger partial charge is 0.311 e. The van der Waals surface area contributed by atoms with Gasteiger partial charge in [0.1, 0.15) is 17.1 Å². The molecule has 0 fully saturated rings. The highest BCUT2D eigenvalue weighted by molar-refractivity contribution is 6.14. The lowest BCUT2D eigenvalue weighted by molar-refractivity contribution is -0.139. The number of carbonyl (C=O) groups is 2. The van der Waals surface area contributed by atoms with Crippen LogP contribution in [0.25, 0.3) is 0 Å². The minimum absolute atomic E-state index is 0.0458. The molecule has 2 aliphatic rings. The summed E-state index contributed by atoms with van der Waals surface area (Å²) >= 11 is 0. The van der Waals surface area contributed by atoms with E-state index in [1.807, 2.05) is 42.5 Å². The van der Waals surface area contributed by atoms with E-state index in [1.54, 1.807) is 17.0 Å². The summed E-state index contributed by atoms with van der Waals surface area (Å²) in [6, 6.07) is 18.9. The van der Waals surface area contributed by atoms with Gasteiger partial charge in [0.15, 0.2) is 0 Å². The number of aromatic amines is 1. The van der Waals surface area contributed by atoms with Gasteiger partial charge in [-0.05, 0) is 11.6 Å². The number of para-hydroxylation sites is 1. The number of carbonyl (C=O) groups excluding carboxylic acids is 2. The maximum Gasteiger partial charge on any atom is 0.311 e. The maximum atomic E-state index is 14.3. The molecule has 1 atom stereocenters. The average Bonchev–Trinajstić information content (AvgIpc) is 3.33. The molecule has 0 saturated carbocycles. The predicted molar refractivity (Wildman–Crippen MR) is 117 cm³/mol. The SMILES string of the molecule is COC(=O)Cc1[nH]nc2c1[C@@]1(C(=O)N(Cc3ccccc3)c3ccccc31)C(C#N)=C(N)O2.